The number of rotatable bonds is 9. The van der Waals surface area contributed by atoms with E-state index in [-0.39, 0.29) is 18.5 Å². The van der Waals surface area contributed by atoms with Gasteiger partial charge in [-0.05, 0) is 26.8 Å². The van der Waals surface area contributed by atoms with Crippen LogP contribution >= 0.6 is 0 Å². The van der Waals surface area contributed by atoms with Gasteiger partial charge in [0, 0.05) is 6.54 Å². The third kappa shape index (κ3) is 11.9. The summed E-state index contributed by atoms with van der Waals surface area (Å²) in [7, 11) is -3.87. The average molecular weight is 255 g/mol. The number of hydrogen-bond acceptors (Lipinski definition) is 5. The van der Waals surface area contributed by atoms with E-state index in [0.29, 0.717) is 19.5 Å². The molecule has 1 unspecified atom stereocenters. The van der Waals surface area contributed by atoms with Gasteiger partial charge in [0.15, 0.2) is 0 Å². The van der Waals surface area contributed by atoms with Gasteiger partial charge in [-0.25, -0.2) is 0 Å². The molecule has 0 heterocycles. The quantitative estimate of drug-likeness (QED) is 0.384. The zero-order chi connectivity index (χ0) is 12.6. The third-order valence-electron chi connectivity index (χ3n) is 1.76. The Hall–Kier alpha value is -0.210. The topological polar surface area (TPSA) is 95.9 Å². The van der Waals surface area contributed by atoms with Gasteiger partial charge in [-0.1, -0.05) is 0 Å². The molecular weight excluding hydrogens is 234 g/mol. The summed E-state index contributed by atoms with van der Waals surface area (Å²) in [4.78, 5) is 0. The lowest BCUT2D eigenvalue weighted by atomic mass is 10.3. The SMILES string of the molecule is CC(C)OCC(O)CNCCCS(=O)(=O)O. The summed E-state index contributed by atoms with van der Waals surface area (Å²) in [6.07, 6.45) is -0.210. The van der Waals surface area contributed by atoms with Gasteiger partial charge >= 0.3 is 0 Å². The van der Waals surface area contributed by atoms with Crippen LogP contribution in [0.15, 0.2) is 0 Å². The number of aliphatic hydroxyl groups is 1. The summed E-state index contributed by atoms with van der Waals surface area (Å²) < 4.78 is 34.4. The molecule has 0 aliphatic carbocycles. The fourth-order valence-corrected chi connectivity index (χ4v) is 1.52. The number of aliphatic hydroxyl groups excluding tert-OH is 1. The fourth-order valence-electron chi connectivity index (χ4n) is 1.01. The molecule has 0 aliphatic heterocycles. The van der Waals surface area contributed by atoms with Gasteiger partial charge in [-0.15, -0.1) is 0 Å². The van der Waals surface area contributed by atoms with Gasteiger partial charge in [0.2, 0.25) is 0 Å². The van der Waals surface area contributed by atoms with Crippen LogP contribution in [0.2, 0.25) is 0 Å². The first-order chi connectivity index (χ1) is 7.31. The van der Waals surface area contributed by atoms with Gasteiger partial charge in [0.25, 0.3) is 10.1 Å². The molecule has 0 spiro atoms. The molecule has 3 N–H and O–H groups in total. The largest absolute Gasteiger partial charge is 0.389 e. The Morgan fingerprint density at radius 1 is 1.38 bits per heavy atom. The zero-order valence-electron chi connectivity index (χ0n) is 9.72. The summed E-state index contributed by atoms with van der Waals surface area (Å²) in [6, 6.07) is 0. The Balaban J connectivity index is 3.38. The number of ether oxygens (including phenoxy) is 1. The van der Waals surface area contributed by atoms with Crippen LogP contribution in [0.4, 0.5) is 0 Å². The maximum Gasteiger partial charge on any atom is 0.264 e. The molecule has 0 saturated heterocycles. The summed E-state index contributed by atoms with van der Waals surface area (Å²) in [5.41, 5.74) is 0. The zero-order valence-corrected chi connectivity index (χ0v) is 10.5. The van der Waals surface area contributed by atoms with E-state index in [9.17, 15) is 13.5 Å². The van der Waals surface area contributed by atoms with Crippen LogP contribution in [-0.2, 0) is 14.9 Å². The van der Waals surface area contributed by atoms with Crippen molar-refractivity contribution in [3.63, 3.8) is 0 Å². The Morgan fingerprint density at radius 3 is 2.50 bits per heavy atom. The summed E-state index contributed by atoms with van der Waals surface area (Å²) in [5, 5.41) is 12.3. The maximum atomic E-state index is 10.4. The summed E-state index contributed by atoms with van der Waals surface area (Å²) >= 11 is 0. The van der Waals surface area contributed by atoms with Crippen LogP contribution < -0.4 is 5.32 Å². The van der Waals surface area contributed by atoms with Crippen LogP contribution in [0.25, 0.3) is 0 Å². The predicted molar refractivity (Wildman–Crippen MR) is 61.0 cm³/mol. The van der Waals surface area contributed by atoms with E-state index in [0.717, 1.165) is 0 Å². The third-order valence-corrected chi connectivity index (χ3v) is 2.56. The Morgan fingerprint density at radius 2 is 2.00 bits per heavy atom. The first-order valence-electron chi connectivity index (χ1n) is 5.27. The van der Waals surface area contributed by atoms with E-state index < -0.39 is 16.2 Å². The molecule has 0 radical (unpaired) electrons. The fraction of sp³-hybridized carbons (Fsp3) is 1.00. The van der Waals surface area contributed by atoms with Gasteiger partial charge in [-0.2, -0.15) is 8.42 Å². The summed E-state index contributed by atoms with van der Waals surface area (Å²) in [6.45, 7) is 4.79. The van der Waals surface area contributed by atoms with Crippen molar-refractivity contribution in [2.24, 2.45) is 0 Å². The molecule has 0 rings (SSSR count). The molecule has 0 bridgehead atoms. The van der Waals surface area contributed by atoms with Crippen LogP contribution in [-0.4, -0.2) is 55.7 Å². The standard InChI is InChI=1S/C9H21NO5S/c1-8(2)15-7-9(11)6-10-4-3-5-16(12,13)14/h8-11H,3-7H2,1-2H3,(H,12,13,14). The highest BCUT2D eigenvalue weighted by Crippen LogP contribution is 1.91. The van der Waals surface area contributed by atoms with Gasteiger partial charge in [0.05, 0.1) is 24.6 Å². The first kappa shape index (κ1) is 15.8. The minimum absolute atomic E-state index is 0.0779. The van der Waals surface area contributed by atoms with Gasteiger partial charge in [0.1, 0.15) is 0 Å². The van der Waals surface area contributed by atoms with Crippen molar-refractivity contribution in [1.29, 1.82) is 0 Å². The minimum Gasteiger partial charge on any atom is -0.389 e. The Labute approximate surface area is 96.7 Å². The van der Waals surface area contributed by atoms with Crippen molar-refractivity contribution in [3.8, 4) is 0 Å². The molecule has 0 amide bonds. The van der Waals surface area contributed by atoms with E-state index in [4.69, 9.17) is 9.29 Å². The van der Waals surface area contributed by atoms with E-state index in [2.05, 4.69) is 5.32 Å². The summed E-state index contributed by atoms with van der Waals surface area (Å²) in [5.74, 6) is -0.265. The Bertz CT molecular complexity index is 265. The molecule has 98 valence electrons. The van der Waals surface area contributed by atoms with Crippen molar-refractivity contribution in [3.05, 3.63) is 0 Å². The van der Waals surface area contributed by atoms with Crippen molar-refractivity contribution in [1.82, 2.24) is 5.32 Å². The second-order valence-electron chi connectivity index (χ2n) is 3.88. The maximum absolute atomic E-state index is 10.4. The van der Waals surface area contributed by atoms with E-state index >= 15 is 0 Å². The average Bonchev–Trinajstić information content (AvgIpc) is 2.12. The molecule has 0 aliphatic rings. The smallest absolute Gasteiger partial charge is 0.264 e. The number of nitrogens with one attached hydrogen (secondary N) is 1. The highest BCUT2D eigenvalue weighted by Gasteiger charge is 2.06. The van der Waals surface area contributed by atoms with Crippen molar-refractivity contribution < 1.29 is 22.8 Å². The molecule has 1 atom stereocenters. The molecule has 0 aromatic heterocycles. The van der Waals surface area contributed by atoms with Gasteiger partial charge < -0.3 is 15.2 Å². The van der Waals surface area contributed by atoms with Crippen LogP contribution in [0.1, 0.15) is 20.3 Å². The van der Waals surface area contributed by atoms with Crippen molar-refractivity contribution in [2.75, 3.05) is 25.4 Å². The lowest BCUT2D eigenvalue weighted by molar-refractivity contribution is 0.00650. The first-order valence-corrected chi connectivity index (χ1v) is 6.87. The molecule has 0 saturated carbocycles. The van der Waals surface area contributed by atoms with Crippen molar-refractivity contribution in [2.45, 2.75) is 32.5 Å². The van der Waals surface area contributed by atoms with Crippen LogP contribution in [0.5, 0.6) is 0 Å². The van der Waals surface area contributed by atoms with Crippen LogP contribution in [0, 0.1) is 0 Å². The highest BCUT2D eigenvalue weighted by molar-refractivity contribution is 7.85. The lowest BCUT2D eigenvalue weighted by Gasteiger charge is -2.13. The molecule has 6 nitrogen and oxygen atoms in total. The molecule has 0 aromatic rings. The van der Waals surface area contributed by atoms with E-state index in [1.807, 2.05) is 13.8 Å². The molecule has 7 heteroatoms. The molecule has 0 fully saturated rings. The lowest BCUT2D eigenvalue weighted by Crippen LogP contribution is -2.32. The van der Waals surface area contributed by atoms with Crippen molar-refractivity contribution >= 4 is 10.1 Å². The molecular formula is C9H21NO5S. The molecule has 0 aromatic carbocycles. The van der Waals surface area contributed by atoms with E-state index in [1.165, 1.54) is 0 Å². The Kier molecular flexibility index (Phi) is 7.86. The predicted octanol–water partition coefficient (Wildman–Crippen LogP) is -0.360. The molecule has 16 heavy (non-hydrogen) atoms. The van der Waals surface area contributed by atoms with E-state index in [1.54, 1.807) is 0 Å². The van der Waals surface area contributed by atoms with Gasteiger partial charge in [-0.3, -0.25) is 4.55 Å². The minimum atomic E-state index is -3.87. The monoisotopic (exact) mass is 255 g/mol. The normalized spacial score (nSPS) is 14.3. The highest BCUT2D eigenvalue weighted by atomic mass is 32.2. The second kappa shape index (κ2) is 7.97. The van der Waals surface area contributed by atoms with Crippen LogP contribution in [0.3, 0.4) is 0 Å². The second-order valence-corrected chi connectivity index (χ2v) is 5.45. The number of hydrogen-bond donors (Lipinski definition) is 3.